The topological polar surface area (TPSA) is 66.5 Å². The molecule has 120 valence electrons. The maximum atomic E-state index is 10.5. The lowest BCUT2D eigenvalue weighted by Gasteiger charge is -2.54. The monoisotopic (exact) mass is 301 g/mol. The first-order valence-corrected chi connectivity index (χ1v) is 8.59. The van der Waals surface area contributed by atoms with Gasteiger partial charge in [-0.2, -0.15) is 0 Å². The Morgan fingerprint density at radius 1 is 1.23 bits per heavy atom. The van der Waals surface area contributed by atoms with Gasteiger partial charge < -0.3 is 15.9 Å². The molecule has 4 aliphatic carbocycles. The Balaban J connectivity index is 1.81. The molecule has 0 amide bonds. The summed E-state index contributed by atoms with van der Waals surface area (Å²) in [6.07, 6.45) is 11.5. The zero-order chi connectivity index (χ0) is 15.7. The Labute approximate surface area is 132 Å². The second-order valence-corrected chi connectivity index (χ2v) is 8.21. The highest BCUT2D eigenvalue weighted by Crippen LogP contribution is 2.61. The fraction of sp³-hybridized carbons (Fsp3) is 0.684. The van der Waals surface area contributed by atoms with Crippen molar-refractivity contribution in [3.8, 4) is 0 Å². The lowest BCUT2D eigenvalue weighted by molar-refractivity contribution is 0.0117. The molecule has 4 rings (SSSR count). The van der Waals surface area contributed by atoms with Crippen LogP contribution in [0.5, 0.6) is 0 Å². The normalized spacial score (nSPS) is 53.2. The predicted molar refractivity (Wildman–Crippen MR) is 87.0 cm³/mol. The van der Waals surface area contributed by atoms with Crippen LogP contribution in [-0.2, 0) is 0 Å². The number of aliphatic hydroxyl groups excluding tert-OH is 2. The molecule has 0 aromatic carbocycles. The SMILES string of the molecule is C[C@]12C=CC(O)C=C1CC(N)[C@@H]1C2=CC[C@]2(C)C(O)CC[C@@H]12. The number of allylic oxidation sites excluding steroid dienone is 2. The highest BCUT2D eigenvalue weighted by atomic mass is 16.3. The van der Waals surface area contributed by atoms with Crippen LogP contribution in [0, 0.1) is 22.7 Å². The van der Waals surface area contributed by atoms with Gasteiger partial charge >= 0.3 is 0 Å². The standard InChI is InChI=1S/C19H27NO2/c1-18-7-5-12(21)9-11(18)10-15(20)17-13-3-4-16(22)19(13,2)8-6-14(17)18/h5-7,9,12-13,15-17,21-22H,3-4,8,10,20H2,1-2H3/t12?,13-,15?,16?,17-,18-,19-/m0/s1. The van der Waals surface area contributed by atoms with E-state index in [1.54, 1.807) is 0 Å². The summed E-state index contributed by atoms with van der Waals surface area (Å²) in [4.78, 5) is 0. The first-order chi connectivity index (χ1) is 10.4. The van der Waals surface area contributed by atoms with E-state index in [-0.39, 0.29) is 23.0 Å². The van der Waals surface area contributed by atoms with E-state index in [2.05, 4.69) is 26.0 Å². The number of hydrogen-bond acceptors (Lipinski definition) is 3. The summed E-state index contributed by atoms with van der Waals surface area (Å²) >= 11 is 0. The zero-order valence-electron chi connectivity index (χ0n) is 13.5. The van der Waals surface area contributed by atoms with Crippen LogP contribution in [-0.4, -0.2) is 28.5 Å². The van der Waals surface area contributed by atoms with E-state index < -0.39 is 6.10 Å². The first-order valence-electron chi connectivity index (χ1n) is 8.59. The van der Waals surface area contributed by atoms with Crippen LogP contribution < -0.4 is 5.73 Å². The molecule has 0 bridgehead atoms. The van der Waals surface area contributed by atoms with Crippen molar-refractivity contribution in [2.45, 2.75) is 57.8 Å². The number of aliphatic hydroxyl groups is 2. The predicted octanol–water partition coefficient (Wildman–Crippen LogP) is 2.30. The lowest BCUT2D eigenvalue weighted by atomic mass is 9.51. The minimum absolute atomic E-state index is 0.0126. The van der Waals surface area contributed by atoms with Gasteiger partial charge in [0.1, 0.15) is 0 Å². The van der Waals surface area contributed by atoms with Gasteiger partial charge in [-0.15, -0.1) is 0 Å². The Morgan fingerprint density at radius 2 is 2.00 bits per heavy atom. The van der Waals surface area contributed by atoms with Gasteiger partial charge in [0, 0.05) is 16.9 Å². The van der Waals surface area contributed by atoms with E-state index >= 15 is 0 Å². The van der Waals surface area contributed by atoms with Gasteiger partial charge in [-0.3, -0.25) is 0 Å². The molecule has 7 atom stereocenters. The van der Waals surface area contributed by atoms with Crippen LogP contribution in [0.3, 0.4) is 0 Å². The summed E-state index contributed by atoms with van der Waals surface area (Å²) in [6.45, 7) is 4.50. The molecule has 3 nitrogen and oxygen atoms in total. The third kappa shape index (κ3) is 1.73. The second kappa shape index (κ2) is 4.56. The van der Waals surface area contributed by atoms with Gasteiger partial charge in [0.25, 0.3) is 0 Å². The molecule has 0 spiro atoms. The first kappa shape index (κ1) is 14.7. The van der Waals surface area contributed by atoms with Crippen molar-refractivity contribution in [2.75, 3.05) is 0 Å². The number of fused-ring (bicyclic) bond motifs is 5. The Kier molecular flexibility index (Phi) is 3.04. The smallest absolute Gasteiger partial charge is 0.0906 e. The number of rotatable bonds is 0. The summed E-state index contributed by atoms with van der Waals surface area (Å²) in [5, 5.41) is 20.4. The van der Waals surface area contributed by atoms with Crippen LogP contribution in [0.25, 0.3) is 0 Å². The van der Waals surface area contributed by atoms with Crippen molar-refractivity contribution in [3.63, 3.8) is 0 Å². The number of nitrogens with two attached hydrogens (primary N) is 1. The molecule has 4 aliphatic rings. The third-order valence-corrected chi connectivity index (χ3v) is 7.10. The summed E-state index contributed by atoms with van der Waals surface area (Å²) in [5.41, 5.74) is 9.18. The Hall–Kier alpha value is -0.900. The van der Waals surface area contributed by atoms with Crippen LogP contribution in [0.15, 0.2) is 35.5 Å². The summed E-state index contributed by atoms with van der Waals surface area (Å²) < 4.78 is 0. The van der Waals surface area contributed by atoms with Gasteiger partial charge in [0.05, 0.1) is 12.2 Å². The molecule has 2 saturated carbocycles. The van der Waals surface area contributed by atoms with E-state index in [4.69, 9.17) is 5.73 Å². The minimum Gasteiger partial charge on any atom is -0.393 e. The molecule has 0 aliphatic heterocycles. The molecular weight excluding hydrogens is 274 g/mol. The van der Waals surface area contributed by atoms with Crippen molar-refractivity contribution in [1.82, 2.24) is 0 Å². The van der Waals surface area contributed by atoms with E-state index in [9.17, 15) is 10.2 Å². The average molecular weight is 301 g/mol. The van der Waals surface area contributed by atoms with Crippen LogP contribution in [0.2, 0.25) is 0 Å². The van der Waals surface area contributed by atoms with Gasteiger partial charge in [-0.25, -0.2) is 0 Å². The van der Waals surface area contributed by atoms with Gasteiger partial charge in [-0.1, -0.05) is 42.4 Å². The molecule has 0 radical (unpaired) electrons. The molecular formula is C19H27NO2. The molecule has 3 heteroatoms. The lowest BCUT2D eigenvalue weighted by Crippen LogP contribution is -2.52. The van der Waals surface area contributed by atoms with Crippen molar-refractivity contribution >= 4 is 0 Å². The molecule has 22 heavy (non-hydrogen) atoms. The zero-order valence-corrected chi connectivity index (χ0v) is 13.5. The Bertz CT molecular complexity index is 592. The maximum absolute atomic E-state index is 10.5. The van der Waals surface area contributed by atoms with Crippen LogP contribution in [0.4, 0.5) is 0 Å². The van der Waals surface area contributed by atoms with Crippen molar-refractivity contribution < 1.29 is 10.2 Å². The summed E-state index contributed by atoms with van der Waals surface area (Å²) in [7, 11) is 0. The van der Waals surface area contributed by atoms with E-state index in [1.165, 1.54) is 11.1 Å². The molecule has 4 N–H and O–H groups in total. The van der Waals surface area contributed by atoms with E-state index in [0.717, 1.165) is 25.7 Å². The van der Waals surface area contributed by atoms with Gasteiger partial charge in [-0.05, 0) is 44.4 Å². The van der Waals surface area contributed by atoms with Gasteiger partial charge in [0.15, 0.2) is 0 Å². The highest BCUT2D eigenvalue weighted by Gasteiger charge is 2.57. The van der Waals surface area contributed by atoms with Crippen LogP contribution >= 0.6 is 0 Å². The Morgan fingerprint density at radius 3 is 2.77 bits per heavy atom. The maximum Gasteiger partial charge on any atom is 0.0906 e. The minimum atomic E-state index is -0.477. The molecule has 0 saturated heterocycles. The van der Waals surface area contributed by atoms with Crippen LogP contribution in [0.1, 0.15) is 39.5 Å². The largest absolute Gasteiger partial charge is 0.393 e. The molecule has 3 unspecified atom stereocenters. The fourth-order valence-corrected chi connectivity index (χ4v) is 5.67. The van der Waals surface area contributed by atoms with Crippen molar-refractivity contribution in [3.05, 3.63) is 35.5 Å². The van der Waals surface area contributed by atoms with Crippen molar-refractivity contribution in [1.29, 1.82) is 0 Å². The summed E-state index contributed by atoms with van der Waals surface area (Å²) in [5.74, 6) is 0.842. The highest BCUT2D eigenvalue weighted by molar-refractivity contribution is 5.46. The third-order valence-electron chi connectivity index (χ3n) is 7.10. The molecule has 0 aromatic rings. The van der Waals surface area contributed by atoms with Gasteiger partial charge in [0.2, 0.25) is 0 Å². The number of hydrogen-bond donors (Lipinski definition) is 3. The van der Waals surface area contributed by atoms with E-state index in [1.807, 2.05) is 12.2 Å². The quantitative estimate of drug-likeness (QED) is 0.602. The van der Waals surface area contributed by atoms with E-state index in [0.29, 0.717) is 11.8 Å². The molecule has 2 fully saturated rings. The average Bonchev–Trinajstić information content (AvgIpc) is 2.77. The molecule has 0 aromatic heterocycles. The van der Waals surface area contributed by atoms with Crippen molar-refractivity contribution in [2.24, 2.45) is 28.4 Å². The summed E-state index contributed by atoms with van der Waals surface area (Å²) in [6, 6.07) is 0.0965. The molecule has 0 heterocycles. The fourth-order valence-electron chi connectivity index (χ4n) is 5.67. The second-order valence-electron chi connectivity index (χ2n) is 8.21.